The number of thioether (sulfide) groups is 1. The number of para-hydroxylation sites is 2. The first kappa shape index (κ1) is 23.6. The Hall–Kier alpha value is -2.52. The summed E-state index contributed by atoms with van der Waals surface area (Å²) in [7, 11) is -3.06. The Kier molecular flexibility index (Phi) is 6.99. The number of aromatic nitrogens is 2. The van der Waals surface area contributed by atoms with Crippen molar-refractivity contribution in [1.82, 2.24) is 14.5 Å². The molecule has 2 aromatic carbocycles. The van der Waals surface area contributed by atoms with E-state index in [0.717, 1.165) is 27.6 Å². The van der Waals surface area contributed by atoms with Crippen molar-refractivity contribution < 1.29 is 17.9 Å². The van der Waals surface area contributed by atoms with Gasteiger partial charge in [-0.1, -0.05) is 23.9 Å². The molecule has 0 spiro atoms. The van der Waals surface area contributed by atoms with Crippen molar-refractivity contribution in [2.24, 2.45) is 0 Å². The van der Waals surface area contributed by atoms with Crippen LogP contribution >= 0.6 is 11.8 Å². The smallest absolute Gasteiger partial charge is 0.236 e. The summed E-state index contributed by atoms with van der Waals surface area (Å²) in [6, 6.07) is 15.5. The van der Waals surface area contributed by atoms with Crippen molar-refractivity contribution in [3.05, 3.63) is 48.5 Å². The van der Waals surface area contributed by atoms with Gasteiger partial charge in [-0.25, -0.2) is 13.4 Å². The molecule has 3 aromatic rings. The summed E-state index contributed by atoms with van der Waals surface area (Å²) in [4.78, 5) is 19.8. The third-order valence-corrected chi connectivity index (χ3v) is 8.63. The van der Waals surface area contributed by atoms with Gasteiger partial charge in [0, 0.05) is 18.3 Å². The number of hydrogen-bond acceptors (Lipinski definition) is 6. The lowest BCUT2D eigenvalue weighted by atomic mass is 10.2. The third kappa shape index (κ3) is 5.04. The SMILES string of the molecule is CCOc1ccc(-n2c(SC(C)C(=O)N(CC)C3CCS(=O)(=O)C3)nc3ccccc32)cc1. The Morgan fingerprint density at radius 3 is 2.58 bits per heavy atom. The molecule has 4 rings (SSSR count). The average Bonchev–Trinajstić information content (AvgIpc) is 3.34. The zero-order valence-corrected chi connectivity index (χ0v) is 20.7. The van der Waals surface area contributed by atoms with Crippen LogP contribution in [-0.4, -0.2) is 64.7 Å². The lowest BCUT2D eigenvalue weighted by Gasteiger charge is -2.29. The molecule has 2 atom stereocenters. The van der Waals surface area contributed by atoms with Crippen LogP contribution in [0.2, 0.25) is 0 Å². The van der Waals surface area contributed by atoms with E-state index in [9.17, 15) is 13.2 Å². The molecule has 0 bridgehead atoms. The maximum absolute atomic E-state index is 13.3. The van der Waals surface area contributed by atoms with E-state index in [1.165, 1.54) is 11.8 Å². The van der Waals surface area contributed by atoms with Crippen molar-refractivity contribution in [1.29, 1.82) is 0 Å². The highest BCUT2D eigenvalue weighted by molar-refractivity contribution is 8.00. The summed E-state index contributed by atoms with van der Waals surface area (Å²) in [5.74, 6) is 0.939. The van der Waals surface area contributed by atoms with E-state index in [4.69, 9.17) is 9.72 Å². The molecule has 0 saturated carbocycles. The largest absolute Gasteiger partial charge is 0.494 e. The Morgan fingerprint density at radius 2 is 1.94 bits per heavy atom. The molecule has 1 fully saturated rings. The number of rotatable bonds is 8. The summed E-state index contributed by atoms with van der Waals surface area (Å²) in [6.07, 6.45) is 0.504. The minimum absolute atomic E-state index is 0.0503. The minimum atomic E-state index is -3.06. The van der Waals surface area contributed by atoms with Gasteiger partial charge >= 0.3 is 0 Å². The van der Waals surface area contributed by atoms with Gasteiger partial charge in [0.2, 0.25) is 5.91 Å². The number of amides is 1. The van der Waals surface area contributed by atoms with Crippen molar-refractivity contribution in [3.63, 3.8) is 0 Å². The molecule has 0 aliphatic carbocycles. The van der Waals surface area contributed by atoms with Gasteiger partial charge in [0.1, 0.15) is 5.75 Å². The van der Waals surface area contributed by atoms with Crippen LogP contribution in [-0.2, 0) is 14.6 Å². The van der Waals surface area contributed by atoms with E-state index < -0.39 is 15.1 Å². The first-order valence-electron chi connectivity index (χ1n) is 11.2. The minimum Gasteiger partial charge on any atom is -0.494 e. The molecule has 1 saturated heterocycles. The summed E-state index contributed by atoms with van der Waals surface area (Å²) in [5, 5.41) is 0.308. The van der Waals surface area contributed by atoms with Crippen molar-refractivity contribution in [2.45, 2.75) is 43.6 Å². The van der Waals surface area contributed by atoms with Crippen LogP contribution in [0, 0.1) is 0 Å². The van der Waals surface area contributed by atoms with E-state index in [2.05, 4.69) is 4.57 Å². The summed E-state index contributed by atoms with van der Waals surface area (Å²) in [6.45, 7) is 6.80. The average molecular weight is 488 g/mol. The summed E-state index contributed by atoms with van der Waals surface area (Å²) < 4.78 is 31.5. The predicted molar refractivity (Wildman–Crippen MR) is 132 cm³/mol. The lowest BCUT2D eigenvalue weighted by molar-refractivity contribution is -0.131. The summed E-state index contributed by atoms with van der Waals surface area (Å²) >= 11 is 1.40. The number of carbonyl (C=O) groups excluding carboxylic acids is 1. The van der Waals surface area contributed by atoms with Crippen molar-refractivity contribution in [3.8, 4) is 11.4 Å². The normalized spacial score (nSPS) is 18.3. The fraction of sp³-hybridized carbons (Fsp3) is 0.417. The Labute approximate surface area is 199 Å². The predicted octanol–water partition coefficient (Wildman–Crippen LogP) is 3.94. The number of carbonyl (C=O) groups is 1. The first-order chi connectivity index (χ1) is 15.8. The van der Waals surface area contributed by atoms with Gasteiger partial charge in [0.25, 0.3) is 0 Å². The molecule has 1 amide bonds. The molecular formula is C24H29N3O4S2. The highest BCUT2D eigenvalue weighted by Gasteiger charge is 2.35. The zero-order chi connectivity index (χ0) is 23.6. The van der Waals surface area contributed by atoms with Crippen LogP contribution in [0.5, 0.6) is 5.75 Å². The van der Waals surface area contributed by atoms with Gasteiger partial charge in [-0.3, -0.25) is 9.36 Å². The number of imidazole rings is 1. The van der Waals surface area contributed by atoms with Gasteiger partial charge in [0.05, 0.1) is 34.4 Å². The number of hydrogen-bond donors (Lipinski definition) is 0. The Morgan fingerprint density at radius 1 is 1.21 bits per heavy atom. The van der Waals surface area contributed by atoms with Crippen LogP contribution in [0.25, 0.3) is 16.7 Å². The number of fused-ring (bicyclic) bond motifs is 1. The summed E-state index contributed by atoms with van der Waals surface area (Å²) in [5.41, 5.74) is 2.74. The second-order valence-electron chi connectivity index (χ2n) is 8.09. The molecule has 33 heavy (non-hydrogen) atoms. The van der Waals surface area contributed by atoms with E-state index in [0.29, 0.717) is 19.6 Å². The maximum Gasteiger partial charge on any atom is 0.236 e. The first-order valence-corrected chi connectivity index (χ1v) is 13.9. The second-order valence-corrected chi connectivity index (χ2v) is 11.6. The van der Waals surface area contributed by atoms with Crippen LogP contribution in [0.3, 0.4) is 0 Å². The molecule has 9 heteroatoms. The van der Waals surface area contributed by atoms with E-state index in [1.54, 1.807) is 4.90 Å². The second kappa shape index (κ2) is 9.77. The molecule has 2 unspecified atom stereocenters. The molecule has 176 valence electrons. The standard InChI is InChI=1S/C24H29N3O4S2/c1-4-26(19-14-15-33(29,30)16-19)23(28)17(3)32-24-25-21-8-6-7-9-22(21)27(24)18-10-12-20(13-11-18)31-5-2/h6-13,17,19H,4-5,14-16H2,1-3H3. The van der Waals surface area contributed by atoms with Gasteiger partial charge in [-0.15, -0.1) is 0 Å². The molecule has 1 aliphatic heterocycles. The number of nitrogens with zero attached hydrogens (tertiary/aromatic N) is 3. The molecule has 7 nitrogen and oxygen atoms in total. The van der Waals surface area contributed by atoms with Crippen LogP contribution < -0.4 is 4.74 Å². The molecule has 0 radical (unpaired) electrons. The van der Waals surface area contributed by atoms with Crippen LogP contribution in [0.4, 0.5) is 0 Å². The van der Waals surface area contributed by atoms with Gasteiger partial charge < -0.3 is 9.64 Å². The molecular weight excluding hydrogens is 458 g/mol. The maximum atomic E-state index is 13.3. The Bertz CT molecular complexity index is 1240. The molecule has 2 heterocycles. The van der Waals surface area contributed by atoms with E-state index >= 15 is 0 Å². The van der Waals surface area contributed by atoms with Crippen molar-refractivity contribution >= 4 is 38.5 Å². The quantitative estimate of drug-likeness (QED) is 0.448. The third-order valence-electron chi connectivity index (χ3n) is 5.84. The Balaban J connectivity index is 1.63. The van der Waals surface area contributed by atoms with E-state index in [-0.39, 0.29) is 23.5 Å². The number of benzene rings is 2. The zero-order valence-electron chi connectivity index (χ0n) is 19.1. The van der Waals surface area contributed by atoms with Crippen LogP contribution in [0.1, 0.15) is 27.2 Å². The van der Waals surface area contributed by atoms with E-state index in [1.807, 2.05) is 69.3 Å². The van der Waals surface area contributed by atoms with Gasteiger partial charge in [0.15, 0.2) is 15.0 Å². The van der Waals surface area contributed by atoms with Crippen LogP contribution in [0.15, 0.2) is 53.7 Å². The fourth-order valence-electron chi connectivity index (χ4n) is 4.25. The number of sulfone groups is 1. The number of ether oxygens (including phenoxy) is 1. The lowest BCUT2D eigenvalue weighted by Crippen LogP contribution is -2.44. The molecule has 1 aromatic heterocycles. The highest BCUT2D eigenvalue weighted by Crippen LogP contribution is 2.32. The van der Waals surface area contributed by atoms with Gasteiger partial charge in [-0.2, -0.15) is 0 Å². The monoisotopic (exact) mass is 487 g/mol. The molecule has 0 N–H and O–H groups in total. The topological polar surface area (TPSA) is 81.5 Å². The molecule has 1 aliphatic rings. The van der Waals surface area contributed by atoms with Gasteiger partial charge in [-0.05, 0) is 63.6 Å². The van der Waals surface area contributed by atoms with Crippen molar-refractivity contribution in [2.75, 3.05) is 24.7 Å². The fourth-order valence-corrected chi connectivity index (χ4v) is 6.99. The highest BCUT2D eigenvalue weighted by atomic mass is 32.2.